The first kappa shape index (κ1) is 28.1. The van der Waals surface area contributed by atoms with E-state index in [4.69, 9.17) is 23.2 Å². The van der Waals surface area contributed by atoms with E-state index >= 15 is 0 Å². The molecule has 0 aliphatic carbocycles. The number of para-hydroxylation sites is 1. The van der Waals surface area contributed by atoms with E-state index < -0.39 is 15.9 Å². The van der Waals surface area contributed by atoms with Crippen molar-refractivity contribution in [3.63, 3.8) is 0 Å². The van der Waals surface area contributed by atoms with Gasteiger partial charge in [0.25, 0.3) is 5.91 Å². The van der Waals surface area contributed by atoms with Gasteiger partial charge >= 0.3 is 0 Å². The van der Waals surface area contributed by atoms with Crippen molar-refractivity contribution >= 4 is 50.7 Å². The highest BCUT2D eigenvalue weighted by Gasteiger charge is 2.33. The second kappa shape index (κ2) is 12.3. The van der Waals surface area contributed by atoms with Crippen molar-refractivity contribution in [2.24, 2.45) is 5.92 Å². The van der Waals surface area contributed by atoms with Crippen LogP contribution < -0.4 is 10.6 Å². The molecule has 2 amide bonds. The van der Waals surface area contributed by atoms with E-state index in [1.165, 1.54) is 4.31 Å². The van der Waals surface area contributed by atoms with Crippen LogP contribution in [0.15, 0.2) is 72.8 Å². The average molecular weight is 575 g/mol. The molecule has 4 rings (SSSR count). The van der Waals surface area contributed by atoms with E-state index in [0.717, 1.165) is 5.56 Å². The lowest BCUT2D eigenvalue weighted by Crippen LogP contribution is -2.44. The number of nitrogens with zero attached hydrogens (tertiary/aromatic N) is 1. The molecule has 200 valence electrons. The quantitative estimate of drug-likeness (QED) is 0.363. The third kappa shape index (κ3) is 6.74. The van der Waals surface area contributed by atoms with Crippen LogP contribution in [0.1, 0.15) is 47.3 Å². The number of nitrogens with one attached hydrogen (secondary N) is 2. The van der Waals surface area contributed by atoms with E-state index in [2.05, 4.69) is 10.6 Å². The fourth-order valence-electron chi connectivity index (χ4n) is 4.48. The highest BCUT2D eigenvalue weighted by molar-refractivity contribution is 7.88. The Morgan fingerprint density at radius 2 is 1.63 bits per heavy atom. The van der Waals surface area contributed by atoms with Gasteiger partial charge in [-0.25, -0.2) is 12.7 Å². The van der Waals surface area contributed by atoms with Gasteiger partial charge in [-0.1, -0.05) is 71.7 Å². The molecule has 2 N–H and O–H groups in total. The van der Waals surface area contributed by atoms with E-state index in [1.54, 1.807) is 42.5 Å². The maximum atomic E-state index is 13.2. The van der Waals surface area contributed by atoms with Crippen molar-refractivity contribution in [3.8, 4) is 0 Å². The van der Waals surface area contributed by atoms with Crippen LogP contribution in [0.4, 0.5) is 5.69 Å². The molecule has 0 saturated carbocycles. The normalized spacial score (nSPS) is 17.0. The second-order valence-electron chi connectivity index (χ2n) is 9.29. The monoisotopic (exact) mass is 573 g/mol. The molecule has 0 spiro atoms. The SMILES string of the molecule is CC(NC(=O)c1ccccc1NC(=O)C1CCCN(S(=O)(=O)Cc2c(Cl)cccc2Cl)C1)c1ccccc1. The zero-order valence-corrected chi connectivity index (χ0v) is 23.2. The molecule has 1 saturated heterocycles. The Bertz CT molecular complexity index is 1400. The topological polar surface area (TPSA) is 95.6 Å². The number of halogens is 2. The number of carbonyl (C=O) groups excluding carboxylic acids is 2. The molecule has 2 unspecified atom stereocenters. The number of hydrogen-bond acceptors (Lipinski definition) is 4. The lowest BCUT2D eigenvalue weighted by atomic mass is 9.98. The molecule has 7 nitrogen and oxygen atoms in total. The smallest absolute Gasteiger partial charge is 0.253 e. The molecular weight excluding hydrogens is 545 g/mol. The van der Waals surface area contributed by atoms with Crippen LogP contribution in [-0.2, 0) is 20.6 Å². The van der Waals surface area contributed by atoms with Crippen molar-refractivity contribution in [1.29, 1.82) is 0 Å². The number of sulfonamides is 1. The highest BCUT2D eigenvalue weighted by Crippen LogP contribution is 2.29. The molecule has 10 heteroatoms. The van der Waals surface area contributed by atoms with Gasteiger partial charge in [0.1, 0.15) is 0 Å². The van der Waals surface area contributed by atoms with E-state index in [1.807, 2.05) is 37.3 Å². The molecule has 1 fully saturated rings. The predicted molar refractivity (Wildman–Crippen MR) is 151 cm³/mol. The van der Waals surface area contributed by atoms with Gasteiger partial charge in [0.2, 0.25) is 15.9 Å². The maximum Gasteiger partial charge on any atom is 0.253 e. The van der Waals surface area contributed by atoms with Crippen LogP contribution in [0, 0.1) is 5.92 Å². The molecule has 1 heterocycles. The van der Waals surface area contributed by atoms with Crippen LogP contribution in [0.5, 0.6) is 0 Å². The van der Waals surface area contributed by atoms with Crippen LogP contribution in [0.2, 0.25) is 10.0 Å². The second-order valence-corrected chi connectivity index (χ2v) is 12.1. The minimum absolute atomic E-state index is 0.0373. The van der Waals surface area contributed by atoms with Crippen molar-refractivity contribution in [2.75, 3.05) is 18.4 Å². The number of amides is 2. The zero-order chi connectivity index (χ0) is 27.3. The summed E-state index contributed by atoms with van der Waals surface area (Å²) in [5.41, 5.74) is 2.01. The summed E-state index contributed by atoms with van der Waals surface area (Å²) in [6.07, 6.45) is 1.06. The van der Waals surface area contributed by atoms with Gasteiger partial charge in [0, 0.05) is 28.7 Å². The van der Waals surface area contributed by atoms with Crippen molar-refractivity contribution in [2.45, 2.75) is 31.6 Å². The van der Waals surface area contributed by atoms with Gasteiger partial charge in [0.15, 0.2) is 0 Å². The maximum absolute atomic E-state index is 13.2. The standard InChI is InChI=1S/C28H29Cl2N3O4S/c1-19(20-9-3-2-4-10-20)31-28(35)22-12-5-6-15-26(22)32-27(34)21-11-8-16-33(17-21)38(36,37)18-23-24(29)13-7-14-25(23)30/h2-7,9-10,12-15,19,21H,8,11,16-18H2,1H3,(H,31,35)(H,32,34). The Balaban J connectivity index is 1.44. The summed E-state index contributed by atoms with van der Waals surface area (Å²) in [4.78, 5) is 26.3. The lowest BCUT2D eigenvalue weighted by molar-refractivity contribution is -0.120. The van der Waals surface area contributed by atoms with E-state index in [-0.39, 0.29) is 40.2 Å². The third-order valence-corrected chi connectivity index (χ3v) is 9.09. The Labute approximate surface area is 233 Å². The minimum Gasteiger partial charge on any atom is -0.345 e. The van der Waals surface area contributed by atoms with Crippen molar-refractivity contribution < 1.29 is 18.0 Å². The molecule has 3 aromatic rings. The van der Waals surface area contributed by atoms with E-state index in [9.17, 15) is 18.0 Å². The van der Waals surface area contributed by atoms with Gasteiger partial charge < -0.3 is 10.6 Å². The number of anilines is 1. The molecular formula is C28H29Cl2N3O4S. The Morgan fingerprint density at radius 1 is 0.974 bits per heavy atom. The Morgan fingerprint density at radius 3 is 2.34 bits per heavy atom. The summed E-state index contributed by atoms with van der Waals surface area (Å²) in [5.74, 6) is -1.57. The Hall–Kier alpha value is -2.91. The first-order chi connectivity index (χ1) is 18.2. The van der Waals surface area contributed by atoms with Gasteiger partial charge in [-0.15, -0.1) is 0 Å². The van der Waals surface area contributed by atoms with Gasteiger partial charge in [-0.05, 0) is 49.6 Å². The fraction of sp³-hybridized carbons (Fsp3) is 0.286. The zero-order valence-electron chi connectivity index (χ0n) is 20.9. The Kier molecular flexibility index (Phi) is 9.10. The van der Waals surface area contributed by atoms with Crippen LogP contribution in [0.25, 0.3) is 0 Å². The molecule has 0 radical (unpaired) electrons. The summed E-state index contributed by atoms with van der Waals surface area (Å²) in [6.45, 7) is 2.24. The molecule has 1 aliphatic heterocycles. The number of carbonyl (C=O) groups is 2. The average Bonchev–Trinajstić information content (AvgIpc) is 2.91. The molecule has 0 aromatic heterocycles. The van der Waals surface area contributed by atoms with Crippen LogP contribution in [-0.4, -0.2) is 37.6 Å². The third-order valence-electron chi connectivity index (χ3n) is 6.61. The molecule has 2 atom stereocenters. The summed E-state index contributed by atoms with van der Waals surface area (Å²) < 4.78 is 27.7. The summed E-state index contributed by atoms with van der Waals surface area (Å²) in [6, 6.07) is 21.0. The first-order valence-electron chi connectivity index (χ1n) is 12.3. The van der Waals surface area contributed by atoms with Crippen LogP contribution in [0.3, 0.4) is 0 Å². The number of hydrogen-bond donors (Lipinski definition) is 2. The summed E-state index contributed by atoms with van der Waals surface area (Å²) >= 11 is 12.4. The van der Waals surface area contributed by atoms with Gasteiger partial charge in [-0.3, -0.25) is 9.59 Å². The fourth-order valence-corrected chi connectivity index (χ4v) is 6.84. The van der Waals surface area contributed by atoms with Crippen LogP contribution >= 0.6 is 23.2 Å². The number of rotatable bonds is 8. The summed E-state index contributed by atoms with van der Waals surface area (Å²) in [7, 11) is -3.76. The van der Waals surface area contributed by atoms with E-state index in [0.29, 0.717) is 36.2 Å². The highest BCUT2D eigenvalue weighted by atomic mass is 35.5. The summed E-state index contributed by atoms with van der Waals surface area (Å²) in [5, 5.41) is 6.38. The van der Waals surface area contributed by atoms with Gasteiger partial charge in [-0.2, -0.15) is 0 Å². The lowest BCUT2D eigenvalue weighted by Gasteiger charge is -2.31. The van der Waals surface area contributed by atoms with Gasteiger partial charge in [0.05, 0.1) is 29.0 Å². The number of piperidine rings is 1. The first-order valence-corrected chi connectivity index (χ1v) is 14.7. The number of benzene rings is 3. The molecule has 1 aliphatic rings. The van der Waals surface area contributed by atoms with Crippen molar-refractivity contribution in [3.05, 3.63) is 99.5 Å². The minimum atomic E-state index is -3.76. The molecule has 38 heavy (non-hydrogen) atoms. The largest absolute Gasteiger partial charge is 0.345 e. The predicted octanol–water partition coefficient (Wildman–Crippen LogP) is 5.66. The molecule has 3 aromatic carbocycles. The van der Waals surface area contributed by atoms with Crippen molar-refractivity contribution in [1.82, 2.24) is 9.62 Å². The molecule has 0 bridgehead atoms.